The van der Waals surface area contributed by atoms with Crippen molar-refractivity contribution in [2.45, 2.75) is 51.7 Å². The van der Waals surface area contributed by atoms with Crippen LogP contribution in [0, 0.1) is 16.7 Å². The summed E-state index contributed by atoms with van der Waals surface area (Å²) >= 11 is 0. The van der Waals surface area contributed by atoms with E-state index >= 15 is 0 Å². The van der Waals surface area contributed by atoms with Crippen LogP contribution >= 0.6 is 0 Å². The van der Waals surface area contributed by atoms with Crippen LogP contribution in [0.2, 0.25) is 0 Å². The third-order valence-corrected chi connectivity index (χ3v) is 6.71. The minimum atomic E-state index is -0.883. The summed E-state index contributed by atoms with van der Waals surface area (Å²) < 4.78 is 10.3. The summed E-state index contributed by atoms with van der Waals surface area (Å²) in [4.78, 5) is 29.9. The maximum atomic E-state index is 12.5. The average Bonchev–Trinajstić information content (AvgIpc) is 3.15. The number of esters is 2. The molecule has 0 bridgehead atoms. The molecule has 0 fully saturated rings. The molecular weight excluding hydrogens is 394 g/mol. The predicted molar refractivity (Wildman–Crippen MR) is 115 cm³/mol. The van der Waals surface area contributed by atoms with E-state index in [4.69, 9.17) is 9.47 Å². The van der Waals surface area contributed by atoms with Gasteiger partial charge in [0.1, 0.15) is 6.07 Å². The van der Waals surface area contributed by atoms with Crippen LogP contribution in [0.15, 0.2) is 36.0 Å². The van der Waals surface area contributed by atoms with Gasteiger partial charge in [-0.2, -0.15) is 5.26 Å². The molecule has 3 heterocycles. The molecule has 1 aromatic heterocycles. The van der Waals surface area contributed by atoms with Gasteiger partial charge in [-0.15, -0.1) is 0 Å². The molecule has 0 saturated carbocycles. The first-order valence-electron chi connectivity index (χ1n) is 10.6. The number of para-hydroxylation sites is 1. The Morgan fingerprint density at radius 1 is 1.39 bits per heavy atom. The van der Waals surface area contributed by atoms with Crippen molar-refractivity contribution >= 4 is 22.8 Å². The lowest BCUT2D eigenvalue weighted by molar-refractivity contribution is -0.146. The van der Waals surface area contributed by atoms with E-state index in [2.05, 4.69) is 35.0 Å². The lowest BCUT2D eigenvalue weighted by Gasteiger charge is -2.51. The standard InChI is InChI=1S/C24H27N3O4/c1-4-24(12-17(13-25)31-15(2)28)11-16(23(29)30-3)14-27-10-9-19-18-7-5-6-8-20(18)26-21(19)22(24)27/h5-8,14,17,22,26H,4,9-12H2,1-3H3/t17?,22-,24-/m0/s1. The number of fused-ring (bicyclic) bond motifs is 5. The van der Waals surface area contributed by atoms with Gasteiger partial charge in [-0.3, -0.25) is 4.79 Å². The summed E-state index contributed by atoms with van der Waals surface area (Å²) in [5.74, 6) is -0.844. The maximum absolute atomic E-state index is 12.5. The van der Waals surface area contributed by atoms with E-state index in [1.807, 2.05) is 18.3 Å². The fourth-order valence-corrected chi connectivity index (χ4v) is 5.36. The SMILES string of the molecule is CC[C@@]1(CC(C#N)OC(C)=O)CC(C(=O)OC)=CN2CCc3c([nH]c4ccccc34)[C@H]21. The normalized spacial score (nSPS) is 23.2. The molecule has 0 aliphatic carbocycles. The van der Waals surface area contributed by atoms with Crippen LogP contribution in [0.3, 0.4) is 0 Å². The fraction of sp³-hybridized carbons (Fsp3) is 0.458. The number of hydrogen-bond donors (Lipinski definition) is 1. The zero-order valence-corrected chi connectivity index (χ0v) is 18.1. The van der Waals surface area contributed by atoms with Crippen molar-refractivity contribution in [2.24, 2.45) is 5.41 Å². The molecule has 2 aliphatic rings. The molecule has 7 heteroatoms. The van der Waals surface area contributed by atoms with Crippen LogP contribution in [0.5, 0.6) is 0 Å². The van der Waals surface area contributed by atoms with Crippen LogP contribution in [0.25, 0.3) is 10.9 Å². The van der Waals surface area contributed by atoms with Gasteiger partial charge in [-0.1, -0.05) is 25.1 Å². The van der Waals surface area contributed by atoms with E-state index in [0.717, 1.165) is 24.2 Å². The zero-order valence-electron chi connectivity index (χ0n) is 18.1. The number of H-pyrrole nitrogens is 1. The molecule has 162 valence electrons. The van der Waals surface area contributed by atoms with Gasteiger partial charge in [0.05, 0.1) is 18.7 Å². The second kappa shape index (κ2) is 8.10. The largest absolute Gasteiger partial charge is 0.466 e. The highest BCUT2D eigenvalue weighted by atomic mass is 16.5. The Bertz CT molecular complexity index is 1100. The highest BCUT2D eigenvalue weighted by Gasteiger charge is 2.50. The van der Waals surface area contributed by atoms with Gasteiger partial charge in [0.25, 0.3) is 0 Å². The van der Waals surface area contributed by atoms with Crippen LogP contribution in [0.1, 0.15) is 50.4 Å². The Balaban J connectivity index is 1.86. The number of aromatic nitrogens is 1. The second-order valence-corrected chi connectivity index (χ2v) is 8.42. The van der Waals surface area contributed by atoms with Crippen LogP contribution in [0.4, 0.5) is 0 Å². The molecule has 1 aromatic carbocycles. The van der Waals surface area contributed by atoms with Gasteiger partial charge in [0.15, 0.2) is 6.10 Å². The second-order valence-electron chi connectivity index (χ2n) is 8.42. The molecule has 2 aromatic rings. The first kappa shape index (κ1) is 21.0. The van der Waals surface area contributed by atoms with Crippen molar-refractivity contribution in [3.05, 3.63) is 47.3 Å². The number of carbonyl (C=O) groups is 2. The topological polar surface area (TPSA) is 95.4 Å². The molecule has 2 aliphatic heterocycles. The Morgan fingerprint density at radius 2 is 2.16 bits per heavy atom. The van der Waals surface area contributed by atoms with Crippen LogP contribution in [-0.4, -0.2) is 41.6 Å². The molecule has 3 atom stereocenters. The number of hydrogen-bond acceptors (Lipinski definition) is 6. The average molecular weight is 421 g/mol. The molecular formula is C24H27N3O4. The van der Waals surface area contributed by atoms with Crippen molar-refractivity contribution < 1.29 is 19.1 Å². The van der Waals surface area contributed by atoms with E-state index in [1.54, 1.807) is 0 Å². The monoisotopic (exact) mass is 421 g/mol. The quantitative estimate of drug-likeness (QED) is 0.739. The fourth-order valence-electron chi connectivity index (χ4n) is 5.36. The summed E-state index contributed by atoms with van der Waals surface area (Å²) in [7, 11) is 1.38. The van der Waals surface area contributed by atoms with Gasteiger partial charge in [-0.05, 0) is 30.9 Å². The highest BCUT2D eigenvalue weighted by molar-refractivity contribution is 5.89. The Morgan fingerprint density at radius 3 is 2.84 bits per heavy atom. The number of carbonyl (C=O) groups excluding carboxylic acids is 2. The first-order chi connectivity index (χ1) is 14.9. The number of benzene rings is 1. The smallest absolute Gasteiger partial charge is 0.335 e. The zero-order chi connectivity index (χ0) is 22.2. The highest BCUT2D eigenvalue weighted by Crippen LogP contribution is 2.55. The summed E-state index contributed by atoms with van der Waals surface area (Å²) in [6, 6.07) is 10.3. The number of aromatic amines is 1. The van der Waals surface area contributed by atoms with Gasteiger partial charge in [-0.25, -0.2) is 4.79 Å². The Labute approximate surface area is 181 Å². The molecule has 0 radical (unpaired) electrons. The summed E-state index contributed by atoms with van der Waals surface area (Å²) in [5.41, 5.74) is 3.59. The van der Waals surface area contributed by atoms with Crippen LogP contribution < -0.4 is 0 Å². The summed E-state index contributed by atoms with van der Waals surface area (Å²) in [6.45, 7) is 4.14. The van der Waals surface area contributed by atoms with Crippen molar-refractivity contribution in [2.75, 3.05) is 13.7 Å². The lowest BCUT2D eigenvalue weighted by atomic mass is 9.65. The van der Waals surface area contributed by atoms with Crippen molar-refractivity contribution in [3.8, 4) is 6.07 Å². The molecule has 0 amide bonds. The van der Waals surface area contributed by atoms with E-state index < -0.39 is 17.5 Å². The predicted octanol–water partition coefficient (Wildman–Crippen LogP) is 3.77. The third kappa shape index (κ3) is 3.56. The van der Waals surface area contributed by atoms with E-state index in [9.17, 15) is 14.9 Å². The molecule has 4 rings (SSSR count). The number of ether oxygens (including phenoxy) is 2. The molecule has 7 nitrogen and oxygen atoms in total. The maximum Gasteiger partial charge on any atom is 0.335 e. The van der Waals surface area contributed by atoms with Gasteiger partial charge >= 0.3 is 11.9 Å². The molecule has 0 spiro atoms. The number of nitrogens with zero attached hydrogens (tertiary/aromatic N) is 2. The number of nitrogens with one attached hydrogen (secondary N) is 1. The minimum absolute atomic E-state index is 0.0616. The van der Waals surface area contributed by atoms with Gasteiger partial charge < -0.3 is 19.4 Å². The van der Waals surface area contributed by atoms with Crippen molar-refractivity contribution in [3.63, 3.8) is 0 Å². The molecule has 0 saturated heterocycles. The van der Waals surface area contributed by atoms with E-state index in [0.29, 0.717) is 24.8 Å². The van der Waals surface area contributed by atoms with Crippen LogP contribution in [-0.2, 0) is 25.5 Å². The summed E-state index contributed by atoms with van der Waals surface area (Å²) in [5, 5.41) is 10.9. The number of nitriles is 1. The summed E-state index contributed by atoms with van der Waals surface area (Å²) in [6.07, 6.45) is 3.37. The third-order valence-electron chi connectivity index (χ3n) is 6.71. The van der Waals surface area contributed by atoms with E-state index in [-0.39, 0.29) is 12.0 Å². The number of rotatable bonds is 5. The van der Waals surface area contributed by atoms with Gasteiger partial charge in [0.2, 0.25) is 0 Å². The Hall–Kier alpha value is -3.27. The number of methoxy groups -OCH3 is 1. The molecule has 31 heavy (non-hydrogen) atoms. The van der Waals surface area contributed by atoms with Crippen molar-refractivity contribution in [1.29, 1.82) is 5.26 Å². The van der Waals surface area contributed by atoms with E-state index in [1.165, 1.54) is 25.0 Å². The van der Waals surface area contributed by atoms with Gasteiger partial charge in [0, 0.05) is 48.1 Å². The van der Waals surface area contributed by atoms with Crippen molar-refractivity contribution in [1.82, 2.24) is 9.88 Å². The molecule has 1 N–H and O–H groups in total. The molecule has 1 unspecified atom stereocenters. The Kier molecular flexibility index (Phi) is 5.48. The first-order valence-corrected chi connectivity index (χ1v) is 10.6. The minimum Gasteiger partial charge on any atom is -0.466 e. The lowest BCUT2D eigenvalue weighted by Crippen LogP contribution is -2.48.